The normalized spacial score (nSPS) is 22.2. The van der Waals surface area contributed by atoms with Crippen LogP contribution in [0.3, 0.4) is 0 Å². The lowest BCUT2D eigenvalue weighted by Crippen LogP contribution is -2.44. The van der Waals surface area contributed by atoms with Gasteiger partial charge in [-0.1, -0.05) is 19.8 Å². The maximum atomic E-state index is 11.0. The summed E-state index contributed by atoms with van der Waals surface area (Å²) in [6.07, 6.45) is 9.87. The van der Waals surface area contributed by atoms with Gasteiger partial charge in [-0.05, 0) is 44.4 Å². The molecule has 0 aromatic heterocycles. The van der Waals surface area contributed by atoms with Crippen LogP contribution >= 0.6 is 0 Å². The summed E-state index contributed by atoms with van der Waals surface area (Å²) in [4.78, 5) is 15.3. The first-order valence-corrected chi connectivity index (χ1v) is 8.69. The molecular formula is C17H33N3O2. The zero-order valence-electron chi connectivity index (χ0n) is 14.5. The highest BCUT2D eigenvalue weighted by molar-refractivity contribution is 5.79. The van der Waals surface area contributed by atoms with Crippen LogP contribution in [0.25, 0.3) is 0 Å². The fraction of sp³-hybridized carbons (Fsp3) is 0.882. The molecule has 0 saturated heterocycles. The number of unbranched alkanes of at least 4 members (excludes halogenated alkanes) is 3. The molecule has 0 aromatic carbocycles. The lowest BCUT2D eigenvalue weighted by molar-refractivity contribution is -0.140. The highest BCUT2D eigenvalue weighted by Crippen LogP contribution is 2.23. The number of nitrogens with zero attached hydrogens (tertiary/aromatic N) is 1. The van der Waals surface area contributed by atoms with Crippen molar-refractivity contribution in [2.24, 2.45) is 10.9 Å². The Labute approximate surface area is 135 Å². The Hall–Kier alpha value is -1.26. The summed E-state index contributed by atoms with van der Waals surface area (Å²) in [6, 6.07) is 0.572. The van der Waals surface area contributed by atoms with Crippen molar-refractivity contribution in [2.45, 2.75) is 70.8 Å². The number of nitrogens with one attached hydrogen (secondary N) is 2. The quantitative estimate of drug-likeness (QED) is 0.313. The summed E-state index contributed by atoms with van der Waals surface area (Å²) in [7, 11) is 3.27. The number of rotatable bonds is 8. The molecule has 1 rings (SSSR count). The molecule has 5 heteroatoms. The lowest BCUT2D eigenvalue weighted by atomic mass is 9.87. The summed E-state index contributed by atoms with van der Waals surface area (Å²) in [5, 5.41) is 6.91. The molecule has 5 nitrogen and oxygen atoms in total. The molecule has 1 aliphatic carbocycles. The van der Waals surface area contributed by atoms with Crippen LogP contribution in [0.5, 0.6) is 0 Å². The zero-order chi connectivity index (χ0) is 16.2. The van der Waals surface area contributed by atoms with Crippen LogP contribution in [-0.4, -0.2) is 38.7 Å². The van der Waals surface area contributed by atoms with E-state index >= 15 is 0 Å². The third-order valence-electron chi connectivity index (χ3n) is 4.41. The van der Waals surface area contributed by atoms with Gasteiger partial charge in [-0.2, -0.15) is 0 Å². The second kappa shape index (κ2) is 11.3. The van der Waals surface area contributed by atoms with Crippen molar-refractivity contribution in [3.8, 4) is 0 Å². The molecule has 2 N–H and O–H groups in total. The van der Waals surface area contributed by atoms with Crippen LogP contribution in [0.1, 0.15) is 64.7 Å². The molecule has 0 unspecified atom stereocenters. The van der Waals surface area contributed by atoms with E-state index in [1.165, 1.54) is 32.8 Å². The maximum absolute atomic E-state index is 11.0. The maximum Gasteiger partial charge on any atom is 0.305 e. The molecule has 1 fully saturated rings. The summed E-state index contributed by atoms with van der Waals surface area (Å²) >= 11 is 0. The van der Waals surface area contributed by atoms with E-state index < -0.39 is 0 Å². The van der Waals surface area contributed by atoms with Gasteiger partial charge in [0, 0.05) is 26.1 Å². The Kier molecular flexibility index (Phi) is 9.67. The minimum absolute atomic E-state index is 0.107. The number of esters is 1. The predicted octanol–water partition coefficient (Wildman–Crippen LogP) is 2.85. The van der Waals surface area contributed by atoms with Crippen LogP contribution in [0.2, 0.25) is 0 Å². The Morgan fingerprint density at radius 1 is 1.14 bits per heavy atom. The Morgan fingerprint density at radius 3 is 2.45 bits per heavy atom. The summed E-state index contributed by atoms with van der Waals surface area (Å²) in [6.45, 7) is 3.27. The molecule has 1 saturated carbocycles. The van der Waals surface area contributed by atoms with E-state index in [2.05, 4.69) is 27.3 Å². The second-order valence-electron chi connectivity index (χ2n) is 6.34. The molecule has 128 valence electrons. The Bertz CT molecular complexity index is 337. The average molecular weight is 311 g/mol. The molecule has 0 radical (unpaired) electrons. The van der Waals surface area contributed by atoms with Gasteiger partial charge in [0.15, 0.2) is 5.96 Å². The molecule has 0 aliphatic heterocycles. The molecule has 22 heavy (non-hydrogen) atoms. The first-order valence-electron chi connectivity index (χ1n) is 8.69. The third kappa shape index (κ3) is 8.25. The summed E-state index contributed by atoms with van der Waals surface area (Å²) in [5.41, 5.74) is 0. The van der Waals surface area contributed by atoms with E-state index in [0.717, 1.165) is 44.1 Å². The van der Waals surface area contributed by atoms with Gasteiger partial charge < -0.3 is 15.4 Å². The highest BCUT2D eigenvalue weighted by atomic mass is 16.5. The van der Waals surface area contributed by atoms with Crippen molar-refractivity contribution in [3.05, 3.63) is 0 Å². The highest BCUT2D eigenvalue weighted by Gasteiger charge is 2.18. The summed E-state index contributed by atoms with van der Waals surface area (Å²) < 4.78 is 4.63. The van der Waals surface area contributed by atoms with Crippen molar-refractivity contribution in [2.75, 3.05) is 20.7 Å². The molecule has 0 aromatic rings. The summed E-state index contributed by atoms with van der Waals surface area (Å²) in [5.74, 6) is 1.69. The number of methoxy groups -OCH3 is 1. The molecule has 0 heterocycles. The van der Waals surface area contributed by atoms with E-state index in [4.69, 9.17) is 0 Å². The average Bonchev–Trinajstić information content (AvgIpc) is 2.54. The molecule has 0 bridgehead atoms. The van der Waals surface area contributed by atoms with Gasteiger partial charge in [-0.3, -0.25) is 9.79 Å². The number of guanidine groups is 1. The number of aliphatic imine (C=N–C) groups is 1. The van der Waals surface area contributed by atoms with Gasteiger partial charge in [-0.15, -0.1) is 0 Å². The largest absolute Gasteiger partial charge is 0.469 e. The molecule has 0 spiro atoms. The number of ether oxygens (including phenoxy) is 1. The van der Waals surface area contributed by atoms with E-state index in [1.54, 1.807) is 0 Å². The fourth-order valence-corrected chi connectivity index (χ4v) is 2.85. The van der Waals surface area contributed by atoms with Crippen molar-refractivity contribution in [3.63, 3.8) is 0 Å². The zero-order valence-corrected chi connectivity index (χ0v) is 14.5. The molecule has 0 amide bonds. The van der Waals surface area contributed by atoms with Crippen LogP contribution in [0, 0.1) is 5.92 Å². The first kappa shape index (κ1) is 18.8. The van der Waals surface area contributed by atoms with Gasteiger partial charge >= 0.3 is 5.97 Å². The SMILES string of the molecule is CN=C(NCCCCCCC(=O)OC)NC1CCC(C)CC1. The minimum Gasteiger partial charge on any atom is -0.469 e. The molecule has 1 aliphatic rings. The first-order chi connectivity index (χ1) is 10.7. The molecular weight excluding hydrogens is 278 g/mol. The van der Waals surface area contributed by atoms with E-state index in [9.17, 15) is 4.79 Å². The van der Waals surface area contributed by atoms with Crippen molar-refractivity contribution >= 4 is 11.9 Å². The van der Waals surface area contributed by atoms with Crippen LogP contribution in [0.15, 0.2) is 4.99 Å². The minimum atomic E-state index is -0.107. The third-order valence-corrected chi connectivity index (χ3v) is 4.41. The fourth-order valence-electron chi connectivity index (χ4n) is 2.85. The van der Waals surface area contributed by atoms with Crippen molar-refractivity contribution < 1.29 is 9.53 Å². The van der Waals surface area contributed by atoms with Gasteiger partial charge in [-0.25, -0.2) is 0 Å². The van der Waals surface area contributed by atoms with Gasteiger partial charge in [0.2, 0.25) is 0 Å². The smallest absolute Gasteiger partial charge is 0.305 e. The van der Waals surface area contributed by atoms with E-state index in [0.29, 0.717) is 12.5 Å². The van der Waals surface area contributed by atoms with Crippen molar-refractivity contribution in [1.82, 2.24) is 10.6 Å². The monoisotopic (exact) mass is 311 g/mol. The number of hydrogen-bond acceptors (Lipinski definition) is 3. The van der Waals surface area contributed by atoms with Crippen molar-refractivity contribution in [1.29, 1.82) is 0 Å². The van der Waals surface area contributed by atoms with Crippen LogP contribution in [-0.2, 0) is 9.53 Å². The number of carbonyl (C=O) groups is 1. The molecule has 0 atom stereocenters. The van der Waals surface area contributed by atoms with Gasteiger partial charge in [0.1, 0.15) is 0 Å². The number of hydrogen-bond donors (Lipinski definition) is 2. The standard InChI is InChI=1S/C17H33N3O2/c1-14-9-11-15(12-10-14)20-17(18-2)19-13-7-5-4-6-8-16(21)22-3/h14-15H,4-13H2,1-3H3,(H2,18,19,20). The van der Waals surface area contributed by atoms with E-state index in [1.807, 2.05) is 7.05 Å². The van der Waals surface area contributed by atoms with Gasteiger partial charge in [0.05, 0.1) is 7.11 Å². The lowest BCUT2D eigenvalue weighted by Gasteiger charge is -2.28. The predicted molar refractivity (Wildman–Crippen MR) is 91.0 cm³/mol. The Balaban J connectivity index is 2.03. The Morgan fingerprint density at radius 2 is 1.82 bits per heavy atom. The van der Waals surface area contributed by atoms with Crippen LogP contribution in [0.4, 0.5) is 0 Å². The topological polar surface area (TPSA) is 62.7 Å². The van der Waals surface area contributed by atoms with Crippen LogP contribution < -0.4 is 10.6 Å². The van der Waals surface area contributed by atoms with E-state index in [-0.39, 0.29) is 5.97 Å². The number of carbonyl (C=O) groups excluding carboxylic acids is 1. The second-order valence-corrected chi connectivity index (χ2v) is 6.34. The van der Waals surface area contributed by atoms with Gasteiger partial charge in [0.25, 0.3) is 0 Å².